The summed E-state index contributed by atoms with van der Waals surface area (Å²) in [6, 6.07) is 3.07. The Kier molecular flexibility index (Phi) is 12.0. The van der Waals surface area contributed by atoms with Gasteiger partial charge in [0.2, 0.25) is 0 Å². The molecule has 0 spiro atoms. The zero-order valence-electron chi connectivity index (χ0n) is 14.5. The molecule has 3 unspecified atom stereocenters. The average Bonchev–Trinajstić information content (AvgIpc) is 2.61. The van der Waals surface area contributed by atoms with Gasteiger partial charge in [-0.1, -0.05) is 33.3 Å². The molecule has 146 valence electrons. The number of aliphatic hydroxyl groups is 2. The van der Waals surface area contributed by atoms with Crippen LogP contribution in [0.2, 0.25) is 0 Å². The van der Waals surface area contributed by atoms with Gasteiger partial charge in [-0.15, -0.1) is 0 Å². The molecule has 2 rings (SSSR count). The van der Waals surface area contributed by atoms with Crippen LogP contribution in [0.25, 0.3) is 0 Å². The highest BCUT2D eigenvalue weighted by atomic mass is 32.2. The highest BCUT2D eigenvalue weighted by Crippen LogP contribution is 2.29. The van der Waals surface area contributed by atoms with Gasteiger partial charge in [0.15, 0.2) is 0 Å². The summed E-state index contributed by atoms with van der Waals surface area (Å²) in [5.41, 5.74) is -1.08. The summed E-state index contributed by atoms with van der Waals surface area (Å²) in [7, 11) is 0. The molecule has 0 aromatic carbocycles. The van der Waals surface area contributed by atoms with E-state index in [0.29, 0.717) is 13.0 Å². The van der Waals surface area contributed by atoms with Crippen molar-refractivity contribution < 1.29 is 32.0 Å². The number of halogens is 4. The van der Waals surface area contributed by atoms with Gasteiger partial charge in [-0.2, -0.15) is 17.1 Å². The van der Waals surface area contributed by atoms with Crippen LogP contribution in [0.3, 0.4) is 0 Å². The predicted octanol–water partition coefficient (Wildman–Crippen LogP) is 4.40. The summed E-state index contributed by atoms with van der Waals surface area (Å²) in [6.45, 7) is 6.61. The van der Waals surface area contributed by atoms with Crippen molar-refractivity contribution >= 4 is 12.1 Å². The minimum Gasteiger partial charge on any atom is -0.390 e. The molecular weight excluding hydrogens is 362 g/mol. The molecule has 0 saturated carbocycles. The van der Waals surface area contributed by atoms with Gasteiger partial charge in [-0.05, 0) is 25.0 Å². The Hall–Kier alpha value is -0.900. The minimum atomic E-state index is -4.51. The van der Waals surface area contributed by atoms with Gasteiger partial charge in [0, 0.05) is 6.61 Å². The molecule has 2 N–H and O–H groups in total. The molecular formula is C16H25F4NO3S. The van der Waals surface area contributed by atoms with Gasteiger partial charge >= 0.3 is 6.18 Å². The normalized spacial score (nSPS) is 23.0. The van der Waals surface area contributed by atoms with E-state index in [0.717, 1.165) is 25.0 Å². The van der Waals surface area contributed by atoms with Crippen molar-refractivity contribution in [1.82, 2.24) is 4.98 Å². The Balaban J connectivity index is 0.000000421. The number of aromatic nitrogens is 1. The molecule has 0 amide bonds. The smallest absolute Gasteiger partial charge is 0.390 e. The lowest BCUT2D eigenvalue weighted by Crippen LogP contribution is -2.44. The van der Waals surface area contributed by atoms with E-state index in [1.54, 1.807) is 0 Å². The van der Waals surface area contributed by atoms with Gasteiger partial charge in [0.25, 0.3) is 0 Å². The zero-order chi connectivity index (χ0) is 19.5. The number of aliphatic hydroxyl groups excluding tert-OH is 2. The second-order valence-corrected chi connectivity index (χ2v) is 5.55. The minimum absolute atomic E-state index is 0.149. The molecule has 1 aliphatic heterocycles. The van der Waals surface area contributed by atoms with Gasteiger partial charge in [0.05, 0.1) is 12.2 Å². The summed E-state index contributed by atoms with van der Waals surface area (Å²) in [5, 5.41) is 18.4. The maximum Gasteiger partial charge on any atom is 0.433 e. The fourth-order valence-electron chi connectivity index (χ4n) is 2.01. The first-order valence-corrected chi connectivity index (χ1v) is 8.81. The van der Waals surface area contributed by atoms with Crippen molar-refractivity contribution in [1.29, 1.82) is 0 Å². The summed E-state index contributed by atoms with van der Waals surface area (Å²) in [4.78, 5) is 3.03. The zero-order valence-corrected chi connectivity index (χ0v) is 15.3. The number of pyridine rings is 1. The van der Waals surface area contributed by atoms with Crippen LogP contribution in [0.1, 0.15) is 45.7 Å². The molecule has 0 radical (unpaired) electrons. The van der Waals surface area contributed by atoms with Crippen LogP contribution in [0.15, 0.2) is 23.2 Å². The fourth-order valence-corrected chi connectivity index (χ4v) is 2.27. The number of nitrogens with zero attached hydrogens (tertiary/aromatic N) is 1. The SMILES string of the molecule is CC.CCCC1OCCC(O)C1O.FSc1cccc(C(F)(F)F)n1. The van der Waals surface area contributed by atoms with Crippen LogP contribution in [-0.2, 0) is 10.9 Å². The Bertz CT molecular complexity index is 475. The van der Waals surface area contributed by atoms with Gasteiger partial charge in [-0.3, -0.25) is 0 Å². The third kappa shape index (κ3) is 8.84. The van der Waals surface area contributed by atoms with Crippen LogP contribution in [-0.4, -0.2) is 40.1 Å². The quantitative estimate of drug-likeness (QED) is 0.753. The van der Waals surface area contributed by atoms with E-state index in [1.165, 1.54) is 6.07 Å². The molecule has 2 heterocycles. The molecule has 1 aromatic rings. The van der Waals surface area contributed by atoms with Crippen LogP contribution in [0.4, 0.5) is 17.1 Å². The summed E-state index contributed by atoms with van der Waals surface area (Å²) in [6.07, 6.45) is -3.55. The molecule has 25 heavy (non-hydrogen) atoms. The average molecular weight is 387 g/mol. The summed E-state index contributed by atoms with van der Waals surface area (Å²) < 4.78 is 52.8. The van der Waals surface area contributed by atoms with Gasteiger partial charge < -0.3 is 14.9 Å². The van der Waals surface area contributed by atoms with Crippen molar-refractivity contribution in [2.24, 2.45) is 0 Å². The second kappa shape index (κ2) is 12.5. The lowest BCUT2D eigenvalue weighted by Gasteiger charge is -2.31. The van der Waals surface area contributed by atoms with Crippen LogP contribution >= 0.6 is 12.1 Å². The van der Waals surface area contributed by atoms with Crippen LogP contribution in [0, 0.1) is 0 Å². The third-order valence-electron chi connectivity index (χ3n) is 3.19. The van der Waals surface area contributed by atoms with Gasteiger partial charge in [-0.25, -0.2) is 4.98 Å². The van der Waals surface area contributed by atoms with Crippen molar-refractivity contribution in [2.75, 3.05) is 6.61 Å². The van der Waals surface area contributed by atoms with Gasteiger partial charge in [0.1, 0.15) is 29.0 Å². The number of alkyl halides is 3. The Morgan fingerprint density at radius 1 is 1.28 bits per heavy atom. The van der Waals surface area contributed by atoms with E-state index in [4.69, 9.17) is 4.74 Å². The number of rotatable bonds is 3. The van der Waals surface area contributed by atoms with E-state index >= 15 is 0 Å². The van der Waals surface area contributed by atoms with Crippen LogP contribution < -0.4 is 0 Å². The third-order valence-corrected chi connectivity index (χ3v) is 3.57. The first-order valence-electron chi connectivity index (χ1n) is 8.10. The number of ether oxygens (including phenoxy) is 1. The molecule has 0 aliphatic carbocycles. The molecule has 1 fully saturated rings. The summed E-state index contributed by atoms with van der Waals surface area (Å²) in [5.74, 6) is 0. The molecule has 3 atom stereocenters. The van der Waals surface area contributed by atoms with Crippen molar-refractivity contribution in [3.05, 3.63) is 23.9 Å². The first kappa shape index (κ1) is 24.1. The highest BCUT2D eigenvalue weighted by molar-refractivity contribution is 7.94. The van der Waals surface area contributed by atoms with Crippen molar-refractivity contribution in [3.63, 3.8) is 0 Å². The first-order chi connectivity index (χ1) is 11.8. The van der Waals surface area contributed by atoms with Crippen LogP contribution in [0.5, 0.6) is 0 Å². The maximum atomic E-state index is 11.9. The fraction of sp³-hybridized carbons (Fsp3) is 0.688. The molecule has 0 bridgehead atoms. The lowest BCUT2D eigenvalue weighted by molar-refractivity contribution is -0.141. The molecule has 1 aromatic heterocycles. The molecule has 4 nitrogen and oxygen atoms in total. The van der Waals surface area contributed by atoms with E-state index in [9.17, 15) is 27.3 Å². The second-order valence-electron chi connectivity index (χ2n) is 4.98. The monoisotopic (exact) mass is 387 g/mol. The molecule has 1 saturated heterocycles. The van der Waals surface area contributed by atoms with E-state index in [-0.39, 0.29) is 23.3 Å². The van der Waals surface area contributed by atoms with E-state index < -0.39 is 24.1 Å². The Labute approximate surface area is 149 Å². The van der Waals surface area contributed by atoms with Crippen molar-refractivity contribution in [2.45, 2.75) is 69.5 Å². The van der Waals surface area contributed by atoms with E-state index in [1.807, 2.05) is 20.8 Å². The number of hydrogen-bond donors (Lipinski definition) is 2. The Morgan fingerprint density at radius 2 is 1.92 bits per heavy atom. The molecule has 1 aliphatic rings. The maximum absolute atomic E-state index is 11.9. The van der Waals surface area contributed by atoms with Crippen molar-refractivity contribution in [3.8, 4) is 0 Å². The lowest BCUT2D eigenvalue weighted by atomic mass is 9.99. The standard InChI is InChI=1S/C8H16O3.C6H3F4NS.C2H6/c1-2-3-7-8(10)6(9)4-5-11-7;7-6(8,9)4-2-1-3-5(11-4)12-10;1-2/h6-10H,2-5H2,1H3;1-3H;1-2H3. The largest absolute Gasteiger partial charge is 0.433 e. The Morgan fingerprint density at radius 3 is 2.44 bits per heavy atom. The topological polar surface area (TPSA) is 62.6 Å². The predicted molar refractivity (Wildman–Crippen MR) is 88.8 cm³/mol. The number of hydrogen-bond acceptors (Lipinski definition) is 5. The highest BCUT2D eigenvalue weighted by Gasteiger charge is 2.32. The summed E-state index contributed by atoms with van der Waals surface area (Å²) >= 11 is -0.312. The molecule has 9 heteroatoms. The van der Waals surface area contributed by atoms with E-state index in [2.05, 4.69) is 4.98 Å².